The quantitative estimate of drug-likeness (QED) is 0.329. The zero-order valence-corrected chi connectivity index (χ0v) is 13.4. The number of anilines is 1. The first-order valence-electron chi connectivity index (χ1n) is 7.37. The summed E-state index contributed by atoms with van der Waals surface area (Å²) in [4.78, 5) is 45.9. The minimum absolute atomic E-state index is 0.0207. The van der Waals surface area contributed by atoms with Crippen molar-refractivity contribution in [3.63, 3.8) is 0 Å². The van der Waals surface area contributed by atoms with Gasteiger partial charge in [-0.25, -0.2) is 4.79 Å². The second kappa shape index (κ2) is 6.55. The Morgan fingerprint density at radius 3 is 2.46 bits per heavy atom. The highest BCUT2D eigenvalue weighted by molar-refractivity contribution is 6.46. The van der Waals surface area contributed by atoms with Crippen molar-refractivity contribution >= 4 is 33.8 Å². The molecule has 1 N–H and O–H groups in total. The maximum atomic E-state index is 12.2. The van der Waals surface area contributed by atoms with Gasteiger partial charge >= 0.3 is 5.63 Å². The van der Waals surface area contributed by atoms with E-state index in [1.807, 2.05) is 0 Å². The molecular weight excluding hydrogens is 342 g/mol. The average molecular weight is 353 g/mol. The molecule has 1 heterocycles. The van der Waals surface area contributed by atoms with E-state index in [1.165, 1.54) is 30.3 Å². The smallest absolute Gasteiger partial charge is 0.319 e. The van der Waals surface area contributed by atoms with E-state index >= 15 is 0 Å². The molecule has 0 radical (unpaired) electrons. The van der Waals surface area contributed by atoms with Crippen molar-refractivity contribution in [2.75, 3.05) is 5.32 Å². The molecule has 9 nitrogen and oxygen atoms in total. The summed E-state index contributed by atoms with van der Waals surface area (Å²) < 4.78 is 4.62. The fraction of sp³-hybridized carbons (Fsp3) is 0.0588. The van der Waals surface area contributed by atoms with Gasteiger partial charge in [0.2, 0.25) is 0 Å². The number of nitro benzene ring substituents is 1. The number of ketones is 1. The molecule has 0 unspecified atom stereocenters. The summed E-state index contributed by atoms with van der Waals surface area (Å²) in [5, 5.41) is 17.5. The van der Waals surface area contributed by atoms with Crippen LogP contribution in [0.5, 0.6) is 0 Å². The van der Waals surface area contributed by atoms with Crippen LogP contribution in [0.4, 0.5) is 11.4 Å². The lowest BCUT2D eigenvalue weighted by Crippen LogP contribution is -2.22. The van der Waals surface area contributed by atoms with Gasteiger partial charge in [-0.2, -0.15) is 0 Å². The standard InChI is InChI=1S/C17H11N3O6/c1-9-14-8-11(4-7-13(14)17(23)26-19-9)18-16(22)15(21)10-2-5-12(6-3-10)20(24)25/h2-8H,1H3,(H,18,22). The Balaban J connectivity index is 1.84. The van der Waals surface area contributed by atoms with Crippen molar-refractivity contribution in [2.45, 2.75) is 6.92 Å². The Morgan fingerprint density at radius 2 is 1.81 bits per heavy atom. The number of nitro groups is 1. The van der Waals surface area contributed by atoms with Crippen molar-refractivity contribution in [3.05, 3.63) is 74.3 Å². The van der Waals surface area contributed by atoms with Crippen LogP contribution in [-0.4, -0.2) is 21.8 Å². The third-order valence-corrected chi connectivity index (χ3v) is 3.70. The highest BCUT2D eigenvalue weighted by Crippen LogP contribution is 2.19. The van der Waals surface area contributed by atoms with Crippen LogP contribution >= 0.6 is 0 Å². The molecule has 0 aliphatic heterocycles. The minimum atomic E-state index is -0.910. The van der Waals surface area contributed by atoms with E-state index in [9.17, 15) is 24.5 Å². The van der Waals surface area contributed by atoms with Crippen LogP contribution in [0.1, 0.15) is 16.1 Å². The number of Topliss-reactive ketones (excluding diaryl/α,β-unsaturated/α-hetero) is 1. The maximum absolute atomic E-state index is 12.2. The van der Waals surface area contributed by atoms with Crippen LogP contribution < -0.4 is 10.9 Å². The van der Waals surface area contributed by atoms with Crippen molar-refractivity contribution in [3.8, 4) is 0 Å². The van der Waals surface area contributed by atoms with E-state index in [2.05, 4.69) is 15.0 Å². The van der Waals surface area contributed by atoms with Crippen LogP contribution in [0.3, 0.4) is 0 Å². The third kappa shape index (κ3) is 3.18. The predicted molar refractivity (Wildman–Crippen MR) is 91.1 cm³/mol. The van der Waals surface area contributed by atoms with Gasteiger partial charge in [0.1, 0.15) is 0 Å². The molecule has 9 heteroatoms. The number of aromatic nitrogens is 1. The summed E-state index contributed by atoms with van der Waals surface area (Å²) in [6, 6.07) is 9.13. The molecule has 3 rings (SSSR count). The molecular formula is C17H11N3O6. The molecule has 0 fully saturated rings. The first-order chi connectivity index (χ1) is 12.4. The van der Waals surface area contributed by atoms with E-state index < -0.39 is 22.2 Å². The Kier molecular flexibility index (Phi) is 4.27. The molecule has 0 spiro atoms. The lowest BCUT2D eigenvalue weighted by molar-refractivity contribution is -0.384. The monoisotopic (exact) mass is 353 g/mol. The van der Waals surface area contributed by atoms with Gasteiger partial charge in [0.25, 0.3) is 17.4 Å². The predicted octanol–water partition coefficient (Wildman–Crippen LogP) is 2.23. The largest absolute Gasteiger partial charge is 0.366 e. The lowest BCUT2D eigenvalue weighted by atomic mass is 10.1. The highest BCUT2D eigenvalue weighted by Gasteiger charge is 2.18. The van der Waals surface area contributed by atoms with Crippen LogP contribution in [0.25, 0.3) is 10.8 Å². The summed E-state index contributed by atoms with van der Waals surface area (Å²) in [5.74, 6) is -1.76. The van der Waals surface area contributed by atoms with Crippen LogP contribution in [-0.2, 0) is 4.79 Å². The van der Waals surface area contributed by atoms with Crippen LogP contribution in [0.15, 0.2) is 51.8 Å². The number of carbonyl (C=O) groups is 2. The fourth-order valence-corrected chi connectivity index (χ4v) is 2.36. The molecule has 0 saturated heterocycles. The normalized spacial score (nSPS) is 10.5. The number of hydrogen-bond acceptors (Lipinski definition) is 7. The number of nitrogens with zero attached hydrogens (tertiary/aromatic N) is 2. The number of nitrogens with one attached hydrogen (secondary N) is 1. The molecule has 130 valence electrons. The number of carbonyl (C=O) groups excluding carboxylic acids is 2. The molecule has 0 saturated carbocycles. The molecule has 0 bridgehead atoms. The average Bonchev–Trinajstić information content (AvgIpc) is 2.64. The van der Waals surface area contributed by atoms with Crippen LogP contribution in [0, 0.1) is 17.0 Å². The van der Waals surface area contributed by atoms with Gasteiger partial charge in [0.15, 0.2) is 0 Å². The zero-order valence-electron chi connectivity index (χ0n) is 13.4. The van der Waals surface area contributed by atoms with E-state index in [1.54, 1.807) is 6.92 Å². The van der Waals surface area contributed by atoms with E-state index in [0.717, 1.165) is 12.1 Å². The van der Waals surface area contributed by atoms with E-state index in [0.29, 0.717) is 22.2 Å². The molecule has 3 aromatic rings. The second-order valence-electron chi connectivity index (χ2n) is 5.40. The van der Waals surface area contributed by atoms with Gasteiger partial charge in [-0.15, -0.1) is 0 Å². The topological polar surface area (TPSA) is 132 Å². The number of amides is 1. The summed E-state index contributed by atoms with van der Waals surface area (Å²) in [5.41, 5.74) is -0.0123. The molecule has 0 aliphatic carbocycles. The summed E-state index contributed by atoms with van der Waals surface area (Å²) >= 11 is 0. The number of fused-ring (bicyclic) bond motifs is 1. The van der Waals surface area contributed by atoms with Gasteiger partial charge < -0.3 is 9.84 Å². The van der Waals surface area contributed by atoms with E-state index in [4.69, 9.17) is 0 Å². The SMILES string of the molecule is Cc1noc(=O)c2ccc(NC(=O)C(=O)c3ccc([N+](=O)[O-])cc3)cc12. The first kappa shape index (κ1) is 17.0. The summed E-state index contributed by atoms with van der Waals surface area (Å²) in [7, 11) is 0. The molecule has 0 aliphatic rings. The first-order valence-corrected chi connectivity index (χ1v) is 7.37. The van der Waals surface area contributed by atoms with E-state index in [-0.39, 0.29) is 11.3 Å². The zero-order chi connectivity index (χ0) is 18.8. The van der Waals surface area contributed by atoms with Crippen molar-refractivity contribution < 1.29 is 19.0 Å². The minimum Gasteiger partial charge on any atom is -0.319 e. The molecule has 1 amide bonds. The van der Waals surface area contributed by atoms with Gasteiger partial charge in [-0.1, -0.05) is 5.16 Å². The Bertz CT molecular complexity index is 1100. The molecule has 2 aromatic carbocycles. The fourth-order valence-electron chi connectivity index (χ4n) is 2.36. The number of aryl methyl sites for hydroxylation is 1. The van der Waals surface area contributed by atoms with Crippen molar-refractivity contribution in [1.29, 1.82) is 0 Å². The summed E-state index contributed by atoms with van der Waals surface area (Å²) in [6.45, 7) is 1.64. The molecule has 0 atom stereocenters. The Labute approximate surface area is 145 Å². The Morgan fingerprint density at radius 1 is 1.12 bits per heavy atom. The van der Waals surface area contributed by atoms with Gasteiger partial charge in [-0.3, -0.25) is 19.7 Å². The van der Waals surface area contributed by atoms with Gasteiger partial charge in [0, 0.05) is 28.8 Å². The van der Waals surface area contributed by atoms with Crippen molar-refractivity contribution in [2.24, 2.45) is 0 Å². The molecule has 26 heavy (non-hydrogen) atoms. The Hall–Kier alpha value is -3.88. The number of rotatable bonds is 4. The third-order valence-electron chi connectivity index (χ3n) is 3.70. The number of benzene rings is 2. The highest BCUT2D eigenvalue weighted by atomic mass is 16.6. The number of non-ortho nitro benzene ring substituents is 1. The summed E-state index contributed by atoms with van der Waals surface area (Å²) in [6.07, 6.45) is 0. The van der Waals surface area contributed by atoms with Gasteiger partial charge in [-0.05, 0) is 37.3 Å². The maximum Gasteiger partial charge on any atom is 0.366 e. The molecule has 1 aromatic heterocycles. The lowest BCUT2D eigenvalue weighted by Gasteiger charge is -2.06. The second-order valence-corrected chi connectivity index (χ2v) is 5.40. The number of hydrogen-bond donors (Lipinski definition) is 1. The van der Waals surface area contributed by atoms with Gasteiger partial charge in [0.05, 0.1) is 16.0 Å². The van der Waals surface area contributed by atoms with Crippen LogP contribution in [0.2, 0.25) is 0 Å². The van der Waals surface area contributed by atoms with Crippen molar-refractivity contribution in [1.82, 2.24) is 5.16 Å².